The highest BCUT2D eigenvalue weighted by atomic mass is 35.5. The molecule has 1 saturated heterocycles. The summed E-state index contributed by atoms with van der Waals surface area (Å²) in [5, 5.41) is -0.0970. The van der Waals surface area contributed by atoms with Crippen LogP contribution in [0.2, 0.25) is 5.15 Å². The normalized spacial score (nSPS) is 17.0. The molecular formula is C14H13ClF4N4. The zero-order valence-electron chi connectivity index (χ0n) is 12.2. The van der Waals surface area contributed by atoms with Gasteiger partial charge in [0.1, 0.15) is 5.52 Å². The van der Waals surface area contributed by atoms with Crippen molar-refractivity contribution in [1.82, 2.24) is 14.9 Å². The molecule has 2 heterocycles. The van der Waals surface area contributed by atoms with E-state index in [0.717, 1.165) is 19.2 Å². The first-order valence-corrected chi connectivity index (χ1v) is 7.31. The third-order valence-electron chi connectivity index (χ3n) is 3.82. The second kappa shape index (κ2) is 5.76. The van der Waals surface area contributed by atoms with E-state index in [9.17, 15) is 17.6 Å². The summed E-state index contributed by atoms with van der Waals surface area (Å²) in [6.07, 6.45) is -4.79. The number of nitrogens with zero attached hydrogens (tertiary/aromatic N) is 4. The minimum atomic E-state index is -4.79. The van der Waals surface area contributed by atoms with E-state index in [1.165, 1.54) is 0 Å². The van der Waals surface area contributed by atoms with Crippen LogP contribution in [0.15, 0.2) is 12.1 Å². The van der Waals surface area contributed by atoms with Crippen LogP contribution in [0.3, 0.4) is 0 Å². The average molecular weight is 349 g/mol. The van der Waals surface area contributed by atoms with Crippen molar-refractivity contribution in [3.8, 4) is 0 Å². The van der Waals surface area contributed by atoms with Gasteiger partial charge in [-0.25, -0.2) is 14.4 Å². The SMILES string of the molecule is CN1CCN(c2nc3ccc(C(F)(F)F)c(F)c3nc2Cl)CC1. The lowest BCUT2D eigenvalue weighted by atomic mass is 10.1. The van der Waals surface area contributed by atoms with Crippen LogP contribution < -0.4 is 4.90 Å². The van der Waals surface area contributed by atoms with Crippen LogP contribution in [0.4, 0.5) is 23.4 Å². The molecule has 9 heteroatoms. The molecule has 0 saturated carbocycles. The van der Waals surface area contributed by atoms with Crippen molar-refractivity contribution in [2.24, 2.45) is 0 Å². The Bertz CT molecular complexity index is 742. The fraction of sp³-hybridized carbons (Fsp3) is 0.429. The lowest BCUT2D eigenvalue weighted by molar-refractivity contribution is -0.139. The Balaban J connectivity index is 2.06. The molecule has 1 aliphatic heterocycles. The molecule has 0 spiro atoms. The second-order valence-electron chi connectivity index (χ2n) is 5.42. The van der Waals surface area contributed by atoms with Crippen LogP contribution >= 0.6 is 11.6 Å². The maximum atomic E-state index is 14.1. The molecule has 1 fully saturated rings. The molecule has 0 radical (unpaired) electrons. The number of anilines is 1. The fourth-order valence-electron chi connectivity index (χ4n) is 2.50. The van der Waals surface area contributed by atoms with Crippen molar-refractivity contribution in [3.05, 3.63) is 28.7 Å². The van der Waals surface area contributed by atoms with Crippen molar-refractivity contribution < 1.29 is 17.6 Å². The number of benzene rings is 1. The summed E-state index contributed by atoms with van der Waals surface area (Å²) in [7, 11) is 1.99. The zero-order chi connectivity index (χ0) is 16.8. The number of rotatable bonds is 1. The van der Waals surface area contributed by atoms with E-state index < -0.39 is 23.1 Å². The summed E-state index contributed by atoms with van der Waals surface area (Å²) in [4.78, 5) is 12.1. The molecular weight excluding hydrogens is 336 g/mol. The summed E-state index contributed by atoms with van der Waals surface area (Å²) < 4.78 is 52.3. The van der Waals surface area contributed by atoms with Crippen LogP contribution in [-0.2, 0) is 6.18 Å². The molecule has 1 aromatic heterocycles. The zero-order valence-corrected chi connectivity index (χ0v) is 12.9. The maximum Gasteiger partial charge on any atom is 0.419 e. The molecule has 4 nitrogen and oxygen atoms in total. The Hall–Kier alpha value is -1.67. The number of hydrogen-bond donors (Lipinski definition) is 0. The van der Waals surface area contributed by atoms with Gasteiger partial charge in [0.05, 0.1) is 11.1 Å². The third-order valence-corrected chi connectivity index (χ3v) is 4.08. The van der Waals surface area contributed by atoms with Gasteiger partial charge in [0.25, 0.3) is 0 Å². The summed E-state index contributed by atoms with van der Waals surface area (Å²) in [6, 6.07) is 1.79. The minimum Gasteiger partial charge on any atom is -0.351 e. The minimum absolute atomic E-state index is 0.0498. The van der Waals surface area contributed by atoms with Crippen LogP contribution in [0.5, 0.6) is 0 Å². The summed E-state index contributed by atoms with van der Waals surface area (Å²) >= 11 is 6.03. The lowest BCUT2D eigenvalue weighted by Crippen LogP contribution is -2.45. The van der Waals surface area contributed by atoms with Gasteiger partial charge in [-0.1, -0.05) is 11.6 Å². The first-order chi connectivity index (χ1) is 10.8. The maximum absolute atomic E-state index is 14.1. The van der Waals surface area contributed by atoms with Gasteiger partial charge in [0.15, 0.2) is 16.8 Å². The van der Waals surface area contributed by atoms with Gasteiger partial charge in [-0.15, -0.1) is 0 Å². The van der Waals surface area contributed by atoms with Gasteiger partial charge in [-0.2, -0.15) is 13.2 Å². The molecule has 0 amide bonds. The van der Waals surface area contributed by atoms with Gasteiger partial charge < -0.3 is 9.80 Å². The largest absolute Gasteiger partial charge is 0.419 e. The Kier molecular flexibility index (Phi) is 4.05. The number of hydrogen-bond acceptors (Lipinski definition) is 4. The molecule has 0 unspecified atom stereocenters. The fourth-order valence-corrected chi connectivity index (χ4v) is 2.74. The van der Waals surface area contributed by atoms with Gasteiger partial charge in [-0.3, -0.25) is 0 Å². The highest BCUT2D eigenvalue weighted by Crippen LogP contribution is 2.35. The van der Waals surface area contributed by atoms with E-state index in [4.69, 9.17) is 11.6 Å². The predicted octanol–water partition coefficient (Wildman–Crippen LogP) is 3.19. The van der Waals surface area contributed by atoms with Crippen LogP contribution in [0.1, 0.15) is 5.56 Å². The molecule has 1 aliphatic rings. The van der Waals surface area contributed by atoms with Gasteiger partial charge in [0, 0.05) is 26.2 Å². The van der Waals surface area contributed by atoms with Crippen LogP contribution in [0, 0.1) is 5.82 Å². The molecule has 0 aliphatic carbocycles. The van der Waals surface area contributed by atoms with E-state index in [2.05, 4.69) is 14.9 Å². The Morgan fingerprint density at radius 1 is 1.09 bits per heavy atom. The van der Waals surface area contributed by atoms with Crippen molar-refractivity contribution in [2.45, 2.75) is 6.18 Å². The number of halogens is 5. The average Bonchev–Trinajstić information content (AvgIpc) is 2.47. The summed E-state index contributed by atoms with van der Waals surface area (Å²) in [5.41, 5.74) is -1.79. The number of aromatic nitrogens is 2. The Morgan fingerprint density at radius 2 is 1.74 bits per heavy atom. The summed E-state index contributed by atoms with van der Waals surface area (Å²) in [5.74, 6) is -1.08. The lowest BCUT2D eigenvalue weighted by Gasteiger charge is -2.33. The number of piperazine rings is 1. The quantitative estimate of drug-likeness (QED) is 0.741. The highest BCUT2D eigenvalue weighted by molar-refractivity contribution is 6.32. The number of likely N-dealkylation sites (N-methyl/N-ethyl adjacent to an activating group) is 1. The molecule has 23 heavy (non-hydrogen) atoms. The van der Waals surface area contributed by atoms with Crippen LogP contribution in [-0.4, -0.2) is 48.1 Å². The first-order valence-electron chi connectivity index (χ1n) is 6.94. The third kappa shape index (κ3) is 3.05. The molecule has 0 N–H and O–H groups in total. The standard InChI is InChI=1S/C14H13ClF4N4/c1-22-4-6-23(7-5-22)13-12(15)21-11-9(20-13)3-2-8(10(11)16)14(17,18)19/h2-3H,4-7H2,1H3. The first kappa shape index (κ1) is 16.2. The Labute approximate surface area is 134 Å². The molecule has 0 atom stereocenters. The molecule has 1 aromatic carbocycles. The van der Waals surface area contributed by atoms with Crippen molar-refractivity contribution in [3.63, 3.8) is 0 Å². The van der Waals surface area contributed by atoms with E-state index >= 15 is 0 Å². The van der Waals surface area contributed by atoms with Crippen molar-refractivity contribution >= 4 is 28.5 Å². The molecule has 2 aromatic rings. The monoisotopic (exact) mass is 348 g/mol. The van der Waals surface area contributed by atoms with E-state index in [1.807, 2.05) is 11.9 Å². The molecule has 0 bridgehead atoms. The van der Waals surface area contributed by atoms with Crippen LogP contribution in [0.25, 0.3) is 11.0 Å². The van der Waals surface area contributed by atoms with Crippen molar-refractivity contribution in [2.75, 3.05) is 38.1 Å². The molecule has 124 valence electrons. The second-order valence-corrected chi connectivity index (χ2v) is 5.78. The predicted molar refractivity (Wildman–Crippen MR) is 79.2 cm³/mol. The van der Waals surface area contributed by atoms with E-state index in [-0.39, 0.29) is 10.7 Å². The number of fused-ring (bicyclic) bond motifs is 1. The van der Waals surface area contributed by atoms with E-state index in [0.29, 0.717) is 25.0 Å². The van der Waals surface area contributed by atoms with E-state index in [1.54, 1.807) is 0 Å². The van der Waals surface area contributed by atoms with Gasteiger partial charge in [-0.05, 0) is 19.2 Å². The topological polar surface area (TPSA) is 32.3 Å². The van der Waals surface area contributed by atoms with Gasteiger partial charge in [0.2, 0.25) is 0 Å². The smallest absolute Gasteiger partial charge is 0.351 e. The summed E-state index contributed by atoms with van der Waals surface area (Å²) in [6.45, 7) is 2.94. The highest BCUT2D eigenvalue weighted by Gasteiger charge is 2.35. The number of alkyl halides is 3. The molecule has 3 rings (SSSR count). The van der Waals surface area contributed by atoms with Gasteiger partial charge >= 0.3 is 6.18 Å². The Morgan fingerprint density at radius 3 is 2.35 bits per heavy atom. The van der Waals surface area contributed by atoms with Crippen molar-refractivity contribution in [1.29, 1.82) is 0 Å².